The number of nitrogens with zero attached hydrogens (tertiary/aromatic N) is 5. The minimum absolute atomic E-state index is 0.778. The van der Waals surface area contributed by atoms with Crippen molar-refractivity contribution in [2.24, 2.45) is 0 Å². The van der Waals surface area contributed by atoms with E-state index >= 15 is 0 Å². The van der Waals surface area contributed by atoms with Gasteiger partial charge in [-0.1, -0.05) is 176 Å². The highest BCUT2D eigenvalue weighted by Gasteiger charge is 2.24. The van der Waals surface area contributed by atoms with E-state index in [0.717, 1.165) is 117 Å². The summed E-state index contributed by atoms with van der Waals surface area (Å²) in [6.45, 7) is 0. The van der Waals surface area contributed by atoms with Gasteiger partial charge in [-0.25, -0.2) is 0 Å². The van der Waals surface area contributed by atoms with Crippen molar-refractivity contribution < 1.29 is 4.42 Å². The minimum Gasteiger partial charge on any atom is -0.455 e. The van der Waals surface area contributed by atoms with Crippen molar-refractivity contribution in [3.63, 3.8) is 0 Å². The van der Waals surface area contributed by atoms with Gasteiger partial charge >= 0.3 is 0 Å². The van der Waals surface area contributed by atoms with Crippen LogP contribution in [0.4, 0.5) is 0 Å². The lowest BCUT2D eigenvalue weighted by atomic mass is 9.97. The summed E-state index contributed by atoms with van der Waals surface area (Å²) in [7, 11) is 0. The van der Waals surface area contributed by atoms with E-state index in [2.05, 4.69) is 232 Å². The minimum atomic E-state index is 0.778. The molecule has 0 N–H and O–H groups in total. The van der Waals surface area contributed by atoms with Crippen molar-refractivity contribution in [1.82, 2.24) is 23.9 Å². The molecule has 4 heterocycles. The number of para-hydroxylation sites is 5. The molecule has 6 nitrogen and oxygen atoms in total. The van der Waals surface area contributed by atoms with Gasteiger partial charge in [-0.3, -0.25) is 4.57 Å². The summed E-state index contributed by atoms with van der Waals surface area (Å²) in [6, 6.07) is 84.1. The number of furan rings is 1. The molecule has 0 atom stereocenters. The smallest absolute Gasteiger partial charge is 0.168 e. The fourth-order valence-corrected chi connectivity index (χ4v) is 10.6. The van der Waals surface area contributed by atoms with Crippen LogP contribution >= 0.6 is 0 Å². The maximum Gasteiger partial charge on any atom is 0.168 e. The van der Waals surface area contributed by atoms with Gasteiger partial charge in [0.15, 0.2) is 11.6 Å². The maximum absolute atomic E-state index is 6.61. The van der Waals surface area contributed by atoms with Gasteiger partial charge in [0, 0.05) is 49.3 Å². The Labute approximate surface area is 390 Å². The monoisotopic (exact) mass is 869 g/mol. The van der Waals surface area contributed by atoms with Gasteiger partial charge in [-0.2, -0.15) is 0 Å². The third-order valence-corrected chi connectivity index (χ3v) is 13.6. The molecule has 318 valence electrons. The number of aromatic nitrogens is 5. The van der Waals surface area contributed by atoms with Crippen LogP contribution < -0.4 is 0 Å². The summed E-state index contributed by atoms with van der Waals surface area (Å²) < 4.78 is 13.7. The molecular weight excluding hydrogens is 831 g/mol. The first-order valence-corrected chi connectivity index (χ1v) is 23.0. The Morgan fingerprint density at radius 1 is 0.324 bits per heavy atom. The van der Waals surface area contributed by atoms with Gasteiger partial charge < -0.3 is 13.6 Å². The number of fused-ring (bicyclic) bond motifs is 10. The van der Waals surface area contributed by atoms with Crippen LogP contribution in [0.2, 0.25) is 0 Å². The van der Waals surface area contributed by atoms with Crippen molar-refractivity contribution in [2.75, 3.05) is 0 Å². The summed E-state index contributed by atoms with van der Waals surface area (Å²) in [5.41, 5.74) is 15.9. The Hall–Kier alpha value is -9.26. The molecule has 0 radical (unpaired) electrons. The average molecular weight is 870 g/mol. The molecule has 6 heteroatoms. The van der Waals surface area contributed by atoms with Crippen molar-refractivity contribution in [3.05, 3.63) is 237 Å². The van der Waals surface area contributed by atoms with E-state index in [9.17, 15) is 0 Å². The van der Waals surface area contributed by atoms with Gasteiger partial charge in [0.05, 0.1) is 38.8 Å². The topological polar surface area (TPSA) is 53.7 Å². The first kappa shape index (κ1) is 38.1. The van der Waals surface area contributed by atoms with Crippen LogP contribution in [0.5, 0.6) is 0 Å². The SMILES string of the molecule is c1ccc(-c2nnc(-c3ccccc3)n2-c2cccc3c4ccccc4n(-c4ccccc4-c4cccc(-c5cccc(-n6c7ccccc7c7c8oc9ccccc9c8ccc76)c5)c4)c23)cc1. The molecule has 10 aromatic carbocycles. The van der Waals surface area contributed by atoms with Crippen molar-refractivity contribution in [2.45, 2.75) is 0 Å². The zero-order valence-corrected chi connectivity index (χ0v) is 36.7. The zero-order valence-electron chi connectivity index (χ0n) is 36.7. The quantitative estimate of drug-likeness (QED) is 0.160. The fraction of sp³-hybridized carbons (Fsp3) is 0. The predicted molar refractivity (Wildman–Crippen MR) is 279 cm³/mol. The molecule has 14 aromatic rings. The van der Waals surface area contributed by atoms with E-state index in [1.54, 1.807) is 0 Å². The summed E-state index contributed by atoms with van der Waals surface area (Å²) in [4.78, 5) is 0. The molecule has 0 saturated heterocycles. The number of hydrogen-bond donors (Lipinski definition) is 0. The first-order valence-electron chi connectivity index (χ1n) is 23.0. The van der Waals surface area contributed by atoms with Gasteiger partial charge in [0.2, 0.25) is 0 Å². The number of benzene rings is 10. The van der Waals surface area contributed by atoms with Crippen LogP contribution in [0.1, 0.15) is 0 Å². The Morgan fingerprint density at radius 2 is 0.882 bits per heavy atom. The van der Waals surface area contributed by atoms with Crippen LogP contribution in [-0.4, -0.2) is 23.9 Å². The van der Waals surface area contributed by atoms with Gasteiger partial charge in [-0.05, 0) is 77.4 Å². The second kappa shape index (κ2) is 15.2. The lowest BCUT2D eigenvalue weighted by molar-refractivity contribution is 0.673. The van der Waals surface area contributed by atoms with Gasteiger partial charge in [0.1, 0.15) is 11.2 Å². The van der Waals surface area contributed by atoms with E-state index in [-0.39, 0.29) is 0 Å². The van der Waals surface area contributed by atoms with Crippen molar-refractivity contribution >= 4 is 65.6 Å². The molecule has 0 saturated carbocycles. The second-order valence-corrected chi connectivity index (χ2v) is 17.4. The largest absolute Gasteiger partial charge is 0.455 e. The van der Waals surface area contributed by atoms with Crippen LogP contribution in [0.15, 0.2) is 241 Å². The fourth-order valence-electron chi connectivity index (χ4n) is 10.6. The van der Waals surface area contributed by atoms with Gasteiger partial charge in [-0.15, -0.1) is 10.2 Å². The number of rotatable bonds is 7. The van der Waals surface area contributed by atoms with E-state index in [4.69, 9.17) is 14.6 Å². The standard InChI is InChI=1S/C62H39N5O/c1-3-18-40(19-4-1)61-63-64-62(41-20-5-2-6-21-41)67(61)56-34-17-30-49-47-27-8-12-32-53(47)66(59(49)56)52-31-11-7-26-46(52)44-24-15-22-42(38-44)43-23-16-25-45(39-43)65-54-33-13-9-29-51(54)58-55(65)37-36-50-48-28-10-14-35-57(48)68-60(50)58/h1-39H. The molecule has 14 rings (SSSR count). The zero-order chi connectivity index (χ0) is 44.7. The maximum atomic E-state index is 6.61. The predicted octanol–water partition coefficient (Wildman–Crippen LogP) is 16.0. The Kier molecular flexibility index (Phi) is 8.48. The molecule has 0 bridgehead atoms. The second-order valence-electron chi connectivity index (χ2n) is 17.4. The number of hydrogen-bond acceptors (Lipinski definition) is 3. The molecule has 0 aliphatic carbocycles. The molecule has 0 unspecified atom stereocenters. The van der Waals surface area contributed by atoms with Gasteiger partial charge in [0.25, 0.3) is 0 Å². The molecule has 68 heavy (non-hydrogen) atoms. The van der Waals surface area contributed by atoms with Crippen molar-refractivity contribution in [1.29, 1.82) is 0 Å². The third kappa shape index (κ3) is 5.77. The molecule has 0 aliphatic heterocycles. The van der Waals surface area contributed by atoms with Crippen LogP contribution in [0, 0.1) is 0 Å². The molecule has 4 aromatic heterocycles. The highest BCUT2D eigenvalue weighted by molar-refractivity contribution is 6.24. The molecule has 0 amide bonds. The van der Waals surface area contributed by atoms with Crippen LogP contribution in [0.3, 0.4) is 0 Å². The molecular formula is C62H39N5O. The highest BCUT2D eigenvalue weighted by Crippen LogP contribution is 2.43. The Balaban J connectivity index is 0.942. The summed E-state index contributed by atoms with van der Waals surface area (Å²) in [5.74, 6) is 1.56. The van der Waals surface area contributed by atoms with E-state index in [1.807, 2.05) is 18.2 Å². The molecule has 0 spiro atoms. The molecule has 0 aliphatic rings. The van der Waals surface area contributed by atoms with Crippen LogP contribution in [0.25, 0.3) is 128 Å². The lowest BCUT2D eigenvalue weighted by Gasteiger charge is -2.18. The van der Waals surface area contributed by atoms with Crippen LogP contribution in [-0.2, 0) is 0 Å². The van der Waals surface area contributed by atoms with E-state index in [1.165, 1.54) is 10.8 Å². The highest BCUT2D eigenvalue weighted by atomic mass is 16.3. The van der Waals surface area contributed by atoms with E-state index in [0.29, 0.717) is 0 Å². The normalized spacial score (nSPS) is 11.8. The summed E-state index contributed by atoms with van der Waals surface area (Å²) in [5, 5.41) is 16.6. The first-order chi connectivity index (χ1) is 33.8. The average Bonchev–Trinajstić information content (AvgIpc) is 4.19. The summed E-state index contributed by atoms with van der Waals surface area (Å²) >= 11 is 0. The molecule has 0 fully saturated rings. The lowest BCUT2D eigenvalue weighted by Crippen LogP contribution is -2.05. The third-order valence-electron chi connectivity index (χ3n) is 13.6. The Bertz CT molecular complexity index is 4210. The van der Waals surface area contributed by atoms with E-state index < -0.39 is 0 Å². The van der Waals surface area contributed by atoms with Crippen molar-refractivity contribution in [3.8, 4) is 62.1 Å². The summed E-state index contributed by atoms with van der Waals surface area (Å²) in [6.07, 6.45) is 0. The Morgan fingerprint density at radius 3 is 1.66 bits per heavy atom.